The number of fused-ring (bicyclic) bond motifs is 5. The summed E-state index contributed by atoms with van der Waals surface area (Å²) in [7, 11) is 0. The number of aromatic nitrogens is 1. The maximum atomic E-state index is 2.43. The van der Waals surface area contributed by atoms with Crippen molar-refractivity contribution in [1.29, 1.82) is 0 Å². The molecular weight excluding hydrogens is 516 g/mol. The molecule has 8 aromatic rings. The molecule has 0 saturated carbocycles. The highest BCUT2D eigenvalue weighted by atomic mass is 32.1. The smallest absolute Gasteiger partial charge is 0.0728 e. The molecule has 0 saturated heterocycles. The first kappa shape index (κ1) is 23.7. The number of anilines is 3. The Morgan fingerprint density at radius 1 is 0.463 bits per heavy atom. The van der Waals surface area contributed by atoms with E-state index in [0.29, 0.717) is 0 Å². The first-order valence-electron chi connectivity index (χ1n) is 13.9. The van der Waals surface area contributed by atoms with Crippen LogP contribution in [0.2, 0.25) is 0 Å². The number of rotatable bonds is 5. The van der Waals surface area contributed by atoms with Crippen LogP contribution in [0.1, 0.15) is 0 Å². The Morgan fingerprint density at radius 3 is 1.88 bits per heavy atom. The second-order valence-electron chi connectivity index (χ2n) is 10.2. The van der Waals surface area contributed by atoms with E-state index in [2.05, 4.69) is 167 Å². The molecule has 0 N–H and O–H groups in total. The molecule has 3 heteroatoms. The zero-order valence-corrected chi connectivity index (χ0v) is 23.1. The van der Waals surface area contributed by atoms with Crippen LogP contribution >= 0.6 is 11.3 Å². The normalized spacial score (nSPS) is 11.4. The first-order chi connectivity index (χ1) is 20.4. The van der Waals surface area contributed by atoms with E-state index in [0.717, 1.165) is 11.4 Å². The second kappa shape index (κ2) is 9.81. The zero-order chi connectivity index (χ0) is 27.2. The Kier molecular flexibility index (Phi) is 5.68. The maximum absolute atomic E-state index is 2.43. The highest BCUT2D eigenvalue weighted by Crippen LogP contribution is 2.49. The monoisotopic (exact) mass is 542 g/mol. The van der Waals surface area contributed by atoms with Gasteiger partial charge in [0.25, 0.3) is 0 Å². The van der Waals surface area contributed by atoms with Gasteiger partial charge in [0, 0.05) is 27.7 Å². The van der Waals surface area contributed by atoms with E-state index in [4.69, 9.17) is 0 Å². The molecule has 0 fully saturated rings. The zero-order valence-electron chi connectivity index (χ0n) is 22.3. The van der Waals surface area contributed by atoms with E-state index in [-0.39, 0.29) is 0 Å². The minimum absolute atomic E-state index is 1.14. The van der Waals surface area contributed by atoms with Crippen LogP contribution in [-0.4, -0.2) is 4.57 Å². The first-order valence-corrected chi connectivity index (χ1v) is 14.7. The fourth-order valence-corrected chi connectivity index (χ4v) is 7.34. The number of nitrogens with zero attached hydrogens (tertiary/aromatic N) is 2. The van der Waals surface area contributed by atoms with Crippen molar-refractivity contribution in [1.82, 2.24) is 4.57 Å². The SMILES string of the molecule is c1ccc(-c2ccccc2N(c2ccccc2)c2cccc3c2sc2c4ccccc4n(-c4ccccc4)c32)cc1. The fourth-order valence-electron chi connectivity index (χ4n) is 6.01. The Hall–Kier alpha value is -5.12. The molecule has 41 heavy (non-hydrogen) atoms. The molecule has 0 spiro atoms. The molecule has 8 rings (SSSR count). The minimum atomic E-state index is 1.14. The summed E-state index contributed by atoms with van der Waals surface area (Å²) in [6.45, 7) is 0. The quantitative estimate of drug-likeness (QED) is 0.210. The van der Waals surface area contributed by atoms with Gasteiger partial charge >= 0.3 is 0 Å². The van der Waals surface area contributed by atoms with Crippen LogP contribution in [0.3, 0.4) is 0 Å². The predicted octanol–water partition coefficient (Wildman–Crippen LogP) is 11.1. The van der Waals surface area contributed by atoms with Crippen LogP contribution in [0.15, 0.2) is 158 Å². The third-order valence-electron chi connectivity index (χ3n) is 7.78. The van der Waals surface area contributed by atoms with Crippen molar-refractivity contribution < 1.29 is 0 Å². The molecule has 0 atom stereocenters. The Labute approximate surface area is 243 Å². The van der Waals surface area contributed by atoms with Gasteiger partial charge in [0.2, 0.25) is 0 Å². The average molecular weight is 543 g/mol. The molecular formula is C38H26N2S. The summed E-state index contributed by atoms with van der Waals surface area (Å²) in [5, 5.41) is 2.55. The van der Waals surface area contributed by atoms with Crippen molar-refractivity contribution in [3.8, 4) is 16.8 Å². The topological polar surface area (TPSA) is 8.17 Å². The lowest BCUT2D eigenvalue weighted by molar-refractivity contribution is 1.19. The number of hydrogen-bond acceptors (Lipinski definition) is 2. The van der Waals surface area contributed by atoms with Crippen molar-refractivity contribution in [3.05, 3.63) is 158 Å². The van der Waals surface area contributed by atoms with E-state index >= 15 is 0 Å². The van der Waals surface area contributed by atoms with Gasteiger partial charge in [0.05, 0.1) is 31.8 Å². The summed E-state index contributed by atoms with van der Waals surface area (Å²) < 4.78 is 5.02. The minimum Gasteiger partial charge on any atom is -0.308 e. The molecule has 0 amide bonds. The van der Waals surface area contributed by atoms with Gasteiger partial charge in [-0.1, -0.05) is 115 Å². The second-order valence-corrected chi connectivity index (χ2v) is 11.2. The van der Waals surface area contributed by atoms with Gasteiger partial charge in [0.1, 0.15) is 0 Å². The molecule has 0 aliphatic rings. The molecule has 2 heterocycles. The molecule has 0 radical (unpaired) electrons. The van der Waals surface area contributed by atoms with Crippen molar-refractivity contribution >= 4 is 59.6 Å². The van der Waals surface area contributed by atoms with Crippen molar-refractivity contribution in [2.45, 2.75) is 0 Å². The van der Waals surface area contributed by atoms with Gasteiger partial charge in [-0.05, 0) is 48.0 Å². The van der Waals surface area contributed by atoms with E-state index in [9.17, 15) is 0 Å². The molecule has 0 aliphatic heterocycles. The lowest BCUT2D eigenvalue weighted by Gasteiger charge is -2.28. The van der Waals surface area contributed by atoms with E-state index in [1.807, 2.05) is 11.3 Å². The molecule has 6 aromatic carbocycles. The van der Waals surface area contributed by atoms with Crippen LogP contribution in [0.25, 0.3) is 48.0 Å². The van der Waals surface area contributed by atoms with Gasteiger partial charge in [-0.3, -0.25) is 0 Å². The lowest BCUT2D eigenvalue weighted by atomic mass is 10.0. The molecule has 0 aliphatic carbocycles. The summed E-state index contributed by atoms with van der Waals surface area (Å²) in [4.78, 5) is 2.43. The Morgan fingerprint density at radius 2 is 1.07 bits per heavy atom. The third kappa shape index (κ3) is 3.86. The highest BCUT2D eigenvalue weighted by Gasteiger charge is 2.23. The maximum Gasteiger partial charge on any atom is 0.0728 e. The molecule has 2 nitrogen and oxygen atoms in total. The standard InChI is InChI=1S/C38H26N2S/c1-4-15-27(16-5-1)30-21-10-12-24-33(30)39(28-17-6-2-7-18-28)35-26-14-23-32-36-38(41-37(32)35)31-22-11-13-25-34(31)40(36)29-19-8-3-9-20-29/h1-26H. The van der Waals surface area contributed by atoms with Crippen LogP contribution in [-0.2, 0) is 0 Å². The molecule has 0 bridgehead atoms. The van der Waals surface area contributed by atoms with Crippen molar-refractivity contribution in [2.24, 2.45) is 0 Å². The van der Waals surface area contributed by atoms with Gasteiger partial charge in [-0.2, -0.15) is 0 Å². The number of thiophene rings is 1. The predicted molar refractivity (Wildman–Crippen MR) is 176 cm³/mol. The summed E-state index contributed by atoms with van der Waals surface area (Å²) in [5.74, 6) is 0. The summed E-state index contributed by atoms with van der Waals surface area (Å²) >= 11 is 1.89. The number of benzene rings is 6. The van der Waals surface area contributed by atoms with Gasteiger partial charge in [0.15, 0.2) is 0 Å². The summed E-state index contributed by atoms with van der Waals surface area (Å²) in [6.07, 6.45) is 0. The van der Waals surface area contributed by atoms with Crippen molar-refractivity contribution in [2.75, 3.05) is 4.90 Å². The van der Waals surface area contributed by atoms with Gasteiger partial charge < -0.3 is 9.47 Å². The largest absolute Gasteiger partial charge is 0.308 e. The average Bonchev–Trinajstić information content (AvgIpc) is 3.58. The number of para-hydroxylation sites is 4. The highest BCUT2D eigenvalue weighted by molar-refractivity contribution is 7.27. The Bertz CT molecular complexity index is 2140. The van der Waals surface area contributed by atoms with Crippen LogP contribution in [0.5, 0.6) is 0 Å². The third-order valence-corrected chi connectivity index (χ3v) is 9.03. The van der Waals surface area contributed by atoms with Crippen LogP contribution in [0.4, 0.5) is 17.1 Å². The van der Waals surface area contributed by atoms with E-state index < -0.39 is 0 Å². The number of hydrogen-bond donors (Lipinski definition) is 0. The van der Waals surface area contributed by atoms with E-state index in [1.165, 1.54) is 53.7 Å². The Balaban J connectivity index is 1.45. The molecule has 2 aromatic heterocycles. The summed E-state index contributed by atoms with van der Waals surface area (Å²) in [6, 6.07) is 56.4. The molecule has 194 valence electrons. The molecule has 0 unspecified atom stereocenters. The van der Waals surface area contributed by atoms with Crippen molar-refractivity contribution in [3.63, 3.8) is 0 Å². The van der Waals surface area contributed by atoms with Crippen LogP contribution in [0, 0.1) is 0 Å². The van der Waals surface area contributed by atoms with Gasteiger partial charge in [-0.25, -0.2) is 0 Å². The van der Waals surface area contributed by atoms with E-state index in [1.54, 1.807) is 0 Å². The lowest BCUT2D eigenvalue weighted by Crippen LogP contribution is -2.11. The summed E-state index contributed by atoms with van der Waals surface area (Å²) in [5.41, 5.74) is 9.57. The van der Waals surface area contributed by atoms with Crippen LogP contribution < -0.4 is 4.90 Å². The van der Waals surface area contributed by atoms with Gasteiger partial charge in [-0.15, -0.1) is 11.3 Å². The fraction of sp³-hybridized carbons (Fsp3) is 0.